The number of hydrogen-bond acceptors (Lipinski definition) is 3. The molecule has 0 aliphatic carbocycles. The zero-order valence-corrected chi connectivity index (χ0v) is 10.5. The molecule has 94 valence electrons. The third kappa shape index (κ3) is 6.58. The number of rotatable bonds is 5. The van der Waals surface area contributed by atoms with Crippen LogP contribution in [0.2, 0.25) is 0 Å². The van der Waals surface area contributed by atoms with E-state index in [1.54, 1.807) is 0 Å². The second-order valence-electron chi connectivity index (χ2n) is 4.65. The maximum Gasteiger partial charge on any atom is 0.246 e. The van der Waals surface area contributed by atoms with Crippen LogP contribution < -0.4 is 10.2 Å². The van der Waals surface area contributed by atoms with Crippen molar-refractivity contribution in [2.45, 2.75) is 32.8 Å². The van der Waals surface area contributed by atoms with Gasteiger partial charge in [-0.05, 0) is 32.9 Å². The van der Waals surface area contributed by atoms with E-state index in [4.69, 9.17) is 9.57 Å². The van der Waals surface area contributed by atoms with Crippen LogP contribution in [0.1, 0.15) is 27.2 Å². The first kappa shape index (κ1) is 13.5. The monoisotopic (exact) mass is 237 g/mol. The Morgan fingerprint density at radius 2 is 1.88 bits per heavy atom. The molecule has 1 amide bonds. The molecule has 0 saturated carbocycles. The summed E-state index contributed by atoms with van der Waals surface area (Å²) in [4.78, 5) is 16.5. The van der Waals surface area contributed by atoms with Crippen molar-refractivity contribution in [2.75, 3.05) is 6.61 Å². The van der Waals surface area contributed by atoms with Gasteiger partial charge in [-0.1, -0.05) is 18.2 Å². The summed E-state index contributed by atoms with van der Waals surface area (Å²) < 4.78 is 5.39. The Bertz CT molecular complexity index is 343. The molecule has 0 atom stereocenters. The number of carbonyl (C=O) groups is 1. The van der Waals surface area contributed by atoms with Crippen molar-refractivity contribution in [1.29, 1.82) is 0 Å². The van der Waals surface area contributed by atoms with Crippen molar-refractivity contribution in [1.82, 2.24) is 5.48 Å². The van der Waals surface area contributed by atoms with Gasteiger partial charge in [0, 0.05) is 0 Å². The molecule has 0 aliphatic heterocycles. The van der Waals surface area contributed by atoms with Crippen LogP contribution in [-0.4, -0.2) is 18.1 Å². The number of hydrogen-bond donors (Lipinski definition) is 1. The molecule has 0 aromatic heterocycles. The highest BCUT2D eigenvalue weighted by molar-refractivity contribution is 5.74. The Morgan fingerprint density at radius 3 is 2.47 bits per heavy atom. The minimum Gasteiger partial charge on any atom is -0.493 e. The number of carbonyl (C=O) groups excluding carboxylic acids is 1. The lowest BCUT2D eigenvalue weighted by molar-refractivity contribution is -0.146. The van der Waals surface area contributed by atoms with Gasteiger partial charge < -0.3 is 4.74 Å². The molecule has 0 unspecified atom stereocenters. The van der Waals surface area contributed by atoms with Crippen molar-refractivity contribution in [3.63, 3.8) is 0 Å². The Morgan fingerprint density at radius 1 is 1.24 bits per heavy atom. The van der Waals surface area contributed by atoms with E-state index in [0.29, 0.717) is 6.61 Å². The Kier molecular flexibility index (Phi) is 4.97. The van der Waals surface area contributed by atoms with Crippen LogP contribution in [0.4, 0.5) is 0 Å². The quantitative estimate of drug-likeness (QED) is 0.799. The molecule has 17 heavy (non-hydrogen) atoms. The maximum absolute atomic E-state index is 11.4. The van der Waals surface area contributed by atoms with Gasteiger partial charge in [0.05, 0.1) is 18.6 Å². The predicted molar refractivity (Wildman–Crippen MR) is 65.5 cm³/mol. The average molecular weight is 237 g/mol. The molecule has 0 fully saturated rings. The molecule has 0 radical (unpaired) electrons. The smallest absolute Gasteiger partial charge is 0.246 e. The highest BCUT2D eigenvalue weighted by Gasteiger charge is 2.12. The molecule has 0 heterocycles. The van der Waals surface area contributed by atoms with E-state index < -0.39 is 0 Å². The first-order valence-electron chi connectivity index (χ1n) is 5.62. The summed E-state index contributed by atoms with van der Waals surface area (Å²) in [6.45, 7) is 5.94. The summed E-state index contributed by atoms with van der Waals surface area (Å²) in [5.74, 6) is 0.577. The normalized spacial score (nSPS) is 11.0. The molecular weight excluding hydrogens is 218 g/mol. The molecule has 1 N–H and O–H groups in total. The summed E-state index contributed by atoms with van der Waals surface area (Å²) in [7, 11) is 0. The zero-order chi connectivity index (χ0) is 12.7. The van der Waals surface area contributed by atoms with Gasteiger partial charge in [-0.15, -0.1) is 0 Å². The highest BCUT2D eigenvalue weighted by Crippen LogP contribution is 2.08. The second kappa shape index (κ2) is 6.25. The van der Waals surface area contributed by atoms with Crippen molar-refractivity contribution < 1.29 is 14.4 Å². The minimum absolute atomic E-state index is 0.184. The van der Waals surface area contributed by atoms with Gasteiger partial charge in [-0.3, -0.25) is 9.63 Å². The Balaban J connectivity index is 2.17. The van der Waals surface area contributed by atoms with E-state index in [0.717, 1.165) is 5.75 Å². The number of ether oxygens (including phenoxy) is 1. The van der Waals surface area contributed by atoms with E-state index in [9.17, 15) is 4.79 Å². The molecule has 4 heteroatoms. The van der Waals surface area contributed by atoms with Gasteiger partial charge in [-0.25, -0.2) is 5.48 Å². The van der Waals surface area contributed by atoms with Crippen molar-refractivity contribution in [2.24, 2.45) is 0 Å². The number of para-hydroxylation sites is 1. The van der Waals surface area contributed by atoms with Crippen molar-refractivity contribution in [3.8, 4) is 5.75 Å². The molecule has 0 saturated heterocycles. The fourth-order valence-corrected chi connectivity index (χ4v) is 1.04. The molecule has 1 rings (SSSR count). The molecule has 0 aliphatic rings. The van der Waals surface area contributed by atoms with Gasteiger partial charge in [0.1, 0.15) is 5.75 Å². The van der Waals surface area contributed by atoms with E-state index in [-0.39, 0.29) is 17.9 Å². The lowest BCUT2D eigenvalue weighted by Crippen LogP contribution is -2.34. The zero-order valence-electron chi connectivity index (χ0n) is 10.5. The van der Waals surface area contributed by atoms with E-state index in [1.807, 2.05) is 51.1 Å². The van der Waals surface area contributed by atoms with Crippen molar-refractivity contribution >= 4 is 5.91 Å². The largest absolute Gasteiger partial charge is 0.493 e. The average Bonchev–Trinajstić information content (AvgIpc) is 2.27. The lowest BCUT2D eigenvalue weighted by atomic mass is 10.2. The standard InChI is InChI=1S/C13H19NO3/c1-13(2,3)17-14-12(15)9-10-16-11-7-5-4-6-8-11/h4-8H,9-10H2,1-3H3,(H,14,15). The summed E-state index contributed by atoms with van der Waals surface area (Å²) in [6, 6.07) is 9.39. The van der Waals surface area contributed by atoms with Crippen LogP contribution in [0, 0.1) is 0 Å². The third-order valence-electron chi connectivity index (χ3n) is 1.81. The molecule has 0 spiro atoms. The fourth-order valence-electron chi connectivity index (χ4n) is 1.04. The van der Waals surface area contributed by atoms with E-state index in [2.05, 4.69) is 5.48 Å². The number of amides is 1. The van der Waals surface area contributed by atoms with Crippen molar-refractivity contribution in [3.05, 3.63) is 30.3 Å². The van der Waals surface area contributed by atoms with Crippen LogP contribution in [0.15, 0.2) is 30.3 Å². The summed E-state index contributed by atoms with van der Waals surface area (Å²) in [5, 5.41) is 0. The molecule has 0 bridgehead atoms. The fraction of sp³-hybridized carbons (Fsp3) is 0.462. The molecule has 4 nitrogen and oxygen atoms in total. The van der Waals surface area contributed by atoms with Crippen LogP contribution in [0.5, 0.6) is 5.75 Å². The summed E-state index contributed by atoms with van der Waals surface area (Å²) in [5.41, 5.74) is 2.01. The predicted octanol–water partition coefficient (Wildman–Crippen LogP) is 2.30. The Labute approximate surface area is 102 Å². The van der Waals surface area contributed by atoms with Crippen LogP contribution >= 0.6 is 0 Å². The van der Waals surface area contributed by atoms with Gasteiger partial charge in [0.2, 0.25) is 5.91 Å². The van der Waals surface area contributed by atoms with Crippen LogP contribution in [-0.2, 0) is 9.63 Å². The van der Waals surface area contributed by atoms with Gasteiger partial charge in [0.25, 0.3) is 0 Å². The van der Waals surface area contributed by atoms with Gasteiger partial charge in [-0.2, -0.15) is 0 Å². The minimum atomic E-state index is -0.379. The van der Waals surface area contributed by atoms with Gasteiger partial charge >= 0.3 is 0 Å². The highest BCUT2D eigenvalue weighted by atomic mass is 16.7. The SMILES string of the molecule is CC(C)(C)ONC(=O)CCOc1ccccc1. The van der Waals surface area contributed by atoms with Gasteiger partial charge in [0.15, 0.2) is 0 Å². The van der Waals surface area contributed by atoms with E-state index >= 15 is 0 Å². The number of nitrogens with one attached hydrogen (secondary N) is 1. The number of hydroxylamine groups is 1. The van der Waals surface area contributed by atoms with Crippen LogP contribution in [0.3, 0.4) is 0 Å². The molecule has 1 aromatic carbocycles. The summed E-state index contributed by atoms with van der Waals surface area (Å²) >= 11 is 0. The topological polar surface area (TPSA) is 47.6 Å². The van der Waals surface area contributed by atoms with E-state index in [1.165, 1.54) is 0 Å². The summed E-state index contributed by atoms with van der Waals surface area (Å²) in [6.07, 6.45) is 0.269. The lowest BCUT2D eigenvalue weighted by Gasteiger charge is -2.18. The maximum atomic E-state index is 11.4. The first-order chi connectivity index (χ1) is 7.97. The number of benzene rings is 1. The second-order valence-corrected chi connectivity index (χ2v) is 4.65. The third-order valence-corrected chi connectivity index (χ3v) is 1.81. The van der Waals surface area contributed by atoms with Crippen LogP contribution in [0.25, 0.3) is 0 Å². The molecular formula is C13H19NO3. The Hall–Kier alpha value is -1.55. The first-order valence-corrected chi connectivity index (χ1v) is 5.62. The molecule has 1 aromatic rings.